The van der Waals surface area contributed by atoms with E-state index in [0.29, 0.717) is 11.6 Å². The summed E-state index contributed by atoms with van der Waals surface area (Å²) in [5.74, 6) is 0.921. The Labute approximate surface area is 111 Å². The predicted molar refractivity (Wildman–Crippen MR) is 72.0 cm³/mol. The molecule has 0 aromatic heterocycles. The number of hydrogen-bond donors (Lipinski definition) is 2. The summed E-state index contributed by atoms with van der Waals surface area (Å²) < 4.78 is 5.55. The SMILES string of the molecule is NC(COc1ccc(Cl)cc1)c1cccc(O)c1. The van der Waals surface area contributed by atoms with E-state index in [1.54, 1.807) is 42.5 Å². The minimum absolute atomic E-state index is 0.203. The Bertz CT molecular complexity index is 513. The summed E-state index contributed by atoms with van der Waals surface area (Å²) in [5.41, 5.74) is 6.82. The minimum atomic E-state index is -0.284. The molecule has 18 heavy (non-hydrogen) atoms. The quantitative estimate of drug-likeness (QED) is 0.891. The maximum Gasteiger partial charge on any atom is 0.119 e. The summed E-state index contributed by atoms with van der Waals surface area (Å²) in [7, 11) is 0. The largest absolute Gasteiger partial charge is 0.508 e. The summed E-state index contributed by atoms with van der Waals surface area (Å²) in [6.07, 6.45) is 0. The number of hydrogen-bond acceptors (Lipinski definition) is 3. The molecule has 0 aliphatic rings. The van der Waals surface area contributed by atoms with Crippen LogP contribution in [-0.4, -0.2) is 11.7 Å². The molecule has 3 nitrogen and oxygen atoms in total. The van der Waals surface area contributed by atoms with Crippen molar-refractivity contribution in [3.05, 3.63) is 59.1 Å². The number of phenolic OH excluding ortho intramolecular Hbond substituents is 1. The van der Waals surface area contributed by atoms with Crippen molar-refractivity contribution >= 4 is 11.6 Å². The number of rotatable bonds is 4. The van der Waals surface area contributed by atoms with Gasteiger partial charge in [0.05, 0.1) is 6.04 Å². The first-order valence-corrected chi connectivity index (χ1v) is 5.96. The fourth-order valence-electron chi connectivity index (χ4n) is 1.57. The first kappa shape index (κ1) is 12.7. The van der Waals surface area contributed by atoms with Crippen LogP contribution >= 0.6 is 11.6 Å². The molecule has 3 N–H and O–H groups in total. The molecule has 2 rings (SSSR count). The number of phenols is 1. The van der Waals surface area contributed by atoms with E-state index in [9.17, 15) is 5.11 Å². The molecule has 0 saturated carbocycles. The van der Waals surface area contributed by atoms with Crippen LogP contribution in [0.3, 0.4) is 0 Å². The number of halogens is 1. The molecule has 0 heterocycles. The van der Waals surface area contributed by atoms with E-state index in [4.69, 9.17) is 22.1 Å². The molecule has 0 amide bonds. The molecule has 1 atom stereocenters. The molecular weight excluding hydrogens is 250 g/mol. The highest BCUT2D eigenvalue weighted by atomic mass is 35.5. The lowest BCUT2D eigenvalue weighted by Gasteiger charge is -2.13. The number of ether oxygens (including phenoxy) is 1. The van der Waals surface area contributed by atoms with Crippen molar-refractivity contribution in [1.82, 2.24) is 0 Å². The lowest BCUT2D eigenvalue weighted by molar-refractivity contribution is 0.290. The highest BCUT2D eigenvalue weighted by Gasteiger charge is 2.07. The zero-order chi connectivity index (χ0) is 13.0. The topological polar surface area (TPSA) is 55.5 Å². The summed E-state index contributed by atoms with van der Waals surface area (Å²) >= 11 is 5.78. The van der Waals surface area contributed by atoms with Gasteiger partial charge in [-0.1, -0.05) is 23.7 Å². The van der Waals surface area contributed by atoms with Crippen LogP contribution in [0.15, 0.2) is 48.5 Å². The van der Waals surface area contributed by atoms with Crippen LogP contribution in [0.1, 0.15) is 11.6 Å². The molecular formula is C14H14ClNO2. The Morgan fingerprint density at radius 2 is 1.89 bits per heavy atom. The van der Waals surface area contributed by atoms with Crippen LogP contribution in [-0.2, 0) is 0 Å². The van der Waals surface area contributed by atoms with Gasteiger partial charge in [-0.25, -0.2) is 0 Å². The number of aromatic hydroxyl groups is 1. The van der Waals surface area contributed by atoms with Crippen molar-refractivity contribution in [2.45, 2.75) is 6.04 Å². The van der Waals surface area contributed by atoms with Gasteiger partial charge in [0.2, 0.25) is 0 Å². The van der Waals surface area contributed by atoms with Gasteiger partial charge >= 0.3 is 0 Å². The molecule has 0 fully saturated rings. The average Bonchev–Trinajstić information content (AvgIpc) is 2.38. The molecule has 0 spiro atoms. The third-order valence-corrected chi connectivity index (χ3v) is 2.79. The van der Waals surface area contributed by atoms with E-state index in [-0.39, 0.29) is 11.8 Å². The van der Waals surface area contributed by atoms with Crippen molar-refractivity contribution in [2.75, 3.05) is 6.61 Å². The third kappa shape index (κ3) is 3.39. The summed E-state index contributed by atoms with van der Waals surface area (Å²) in [6, 6.07) is 13.7. The Kier molecular flexibility index (Phi) is 4.07. The van der Waals surface area contributed by atoms with Crippen molar-refractivity contribution < 1.29 is 9.84 Å². The van der Waals surface area contributed by atoms with Crippen LogP contribution < -0.4 is 10.5 Å². The van der Waals surface area contributed by atoms with Gasteiger partial charge in [-0.2, -0.15) is 0 Å². The zero-order valence-corrected chi connectivity index (χ0v) is 10.5. The fourth-order valence-corrected chi connectivity index (χ4v) is 1.69. The van der Waals surface area contributed by atoms with Crippen LogP contribution in [0.2, 0.25) is 5.02 Å². The zero-order valence-electron chi connectivity index (χ0n) is 9.71. The maximum atomic E-state index is 9.37. The van der Waals surface area contributed by atoms with Crippen LogP contribution in [0.4, 0.5) is 0 Å². The van der Waals surface area contributed by atoms with Gasteiger partial charge in [0.25, 0.3) is 0 Å². The first-order chi connectivity index (χ1) is 8.65. The molecule has 0 aliphatic heterocycles. The molecule has 2 aromatic carbocycles. The van der Waals surface area contributed by atoms with Crippen molar-refractivity contribution in [1.29, 1.82) is 0 Å². The van der Waals surface area contributed by atoms with E-state index in [2.05, 4.69) is 0 Å². The number of nitrogens with two attached hydrogens (primary N) is 1. The molecule has 1 unspecified atom stereocenters. The number of benzene rings is 2. The van der Waals surface area contributed by atoms with Gasteiger partial charge in [0.15, 0.2) is 0 Å². The third-order valence-electron chi connectivity index (χ3n) is 2.54. The van der Waals surface area contributed by atoms with Crippen LogP contribution in [0.5, 0.6) is 11.5 Å². The second-order valence-electron chi connectivity index (χ2n) is 3.97. The van der Waals surface area contributed by atoms with E-state index in [1.807, 2.05) is 6.07 Å². The van der Waals surface area contributed by atoms with E-state index in [1.165, 1.54) is 0 Å². The minimum Gasteiger partial charge on any atom is -0.508 e. The van der Waals surface area contributed by atoms with Crippen molar-refractivity contribution in [3.63, 3.8) is 0 Å². The van der Waals surface area contributed by atoms with Gasteiger partial charge in [0.1, 0.15) is 18.1 Å². The molecule has 2 aromatic rings. The van der Waals surface area contributed by atoms with Gasteiger partial charge in [-0.15, -0.1) is 0 Å². The average molecular weight is 264 g/mol. The summed E-state index contributed by atoms with van der Waals surface area (Å²) in [6.45, 7) is 0.338. The second kappa shape index (κ2) is 5.76. The van der Waals surface area contributed by atoms with Crippen molar-refractivity contribution in [3.8, 4) is 11.5 Å². The van der Waals surface area contributed by atoms with Gasteiger partial charge in [-0.3, -0.25) is 0 Å². The highest BCUT2D eigenvalue weighted by Crippen LogP contribution is 2.19. The lowest BCUT2D eigenvalue weighted by Crippen LogP contribution is -2.18. The second-order valence-corrected chi connectivity index (χ2v) is 4.40. The standard InChI is InChI=1S/C14H14ClNO2/c15-11-4-6-13(7-5-11)18-9-14(16)10-2-1-3-12(17)8-10/h1-8,14,17H,9,16H2. The first-order valence-electron chi connectivity index (χ1n) is 5.58. The Morgan fingerprint density at radius 3 is 2.56 bits per heavy atom. The van der Waals surface area contributed by atoms with Crippen LogP contribution in [0, 0.1) is 0 Å². The Hall–Kier alpha value is -1.71. The van der Waals surface area contributed by atoms with Crippen LogP contribution in [0.25, 0.3) is 0 Å². The fraction of sp³-hybridized carbons (Fsp3) is 0.143. The Balaban J connectivity index is 1.96. The maximum absolute atomic E-state index is 9.37. The monoisotopic (exact) mass is 263 g/mol. The van der Waals surface area contributed by atoms with E-state index < -0.39 is 0 Å². The van der Waals surface area contributed by atoms with Gasteiger partial charge in [-0.05, 0) is 42.0 Å². The normalized spacial score (nSPS) is 12.1. The van der Waals surface area contributed by atoms with E-state index >= 15 is 0 Å². The molecule has 0 radical (unpaired) electrons. The Morgan fingerprint density at radius 1 is 1.17 bits per heavy atom. The molecule has 94 valence electrons. The van der Waals surface area contributed by atoms with Gasteiger partial charge in [0, 0.05) is 5.02 Å². The summed E-state index contributed by atoms with van der Waals surface area (Å²) in [4.78, 5) is 0. The molecule has 0 aliphatic carbocycles. The lowest BCUT2D eigenvalue weighted by atomic mass is 10.1. The smallest absolute Gasteiger partial charge is 0.119 e. The molecule has 0 saturated heterocycles. The van der Waals surface area contributed by atoms with Crippen molar-refractivity contribution in [2.24, 2.45) is 5.73 Å². The molecule has 4 heteroatoms. The summed E-state index contributed by atoms with van der Waals surface area (Å²) in [5, 5.41) is 10.0. The van der Waals surface area contributed by atoms with E-state index in [0.717, 1.165) is 11.3 Å². The molecule has 0 bridgehead atoms. The van der Waals surface area contributed by atoms with Gasteiger partial charge < -0.3 is 15.6 Å². The predicted octanol–water partition coefficient (Wildman–Crippen LogP) is 3.12. The highest BCUT2D eigenvalue weighted by molar-refractivity contribution is 6.30.